The van der Waals surface area contributed by atoms with Gasteiger partial charge < -0.3 is 14.9 Å². The van der Waals surface area contributed by atoms with Gasteiger partial charge in [0.15, 0.2) is 0 Å². The molecule has 2 fully saturated rings. The molecule has 7 nitrogen and oxygen atoms in total. The smallest absolute Gasteiger partial charge is 0.323 e. The molecule has 2 amide bonds. The van der Waals surface area contributed by atoms with Crippen molar-refractivity contribution in [2.24, 2.45) is 0 Å². The molecule has 20 heavy (non-hydrogen) atoms. The van der Waals surface area contributed by atoms with Crippen molar-refractivity contribution < 1.29 is 19.5 Å². The van der Waals surface area contributed by atoms with Crippen molar-refractivity contribution in [2.75, 3.05) is 39.8 Å². The number of carbonyl (C=O) groups is 3. The average Bonchev–Trinajstić information content (AvgIpc) is 2.56. The van der Waals surface area contributed by atoms with Crippen molar-refractivity contribution in [3.63, 3.8) is 0 Å². The van der Waals surface area contributed by atoms with Crippen molar-refractivity contribution in [3.05, 3.63) is 0 Å². The Balaban J connectivity index is 2.11. The summed E-state index contributed by atoms with van der Waals surface area (Å²) >= 11 is 0. The topological polar surface area (TPSA) is 81.2 Å². The Bertz CT molecular complexity index is 414. The lowest BCUT2D eigenvalue weighted by Gasteiger charge is -2.48. The molecule has 2 aliphatic rings. The minimum Gasteiger partial charge on any atom is -0.480 e. The molecule has 2 heterocycles. The Labute approximate surface area is 118 Å². The van der Waals surface area contributed by atoms with Gasteiger partial charge in [0.25, 0.3) is 0 Å². The molecule has 0 radical (unpaired) electrons. The molecule has 1 N–H and O–H groups in total. The van der Waals surface area contributed by atoms with E-state index in [4.69, 9.17) is 5.11 Å². The van der Waals surface area contributed by atoms with Crippen LogP contribution in [-0.4, -0.2) is 83.4 Å². The zero-order valence-corrected chi connectivity index (χ0v) is 11.7. The van der Waals surface area contributed by atoms with Crippen LogP contribution in [0.1, 0.15) is 19.3 Å². The summed E-state index contributed by atoms with van der Waals surface area (Å²) in [4.78, 5) is 39.2. The molecule has 0 aromatic heterocycles. The van der Waals surface area contributed by atoms with Gasteiger partial charge in [-0.2, -0.15) is 0 Å². The fourth-order valence-electron chi connectivity index (χ4n) is 3.14. The van der Waals surface area contributed by atoms with Crippen LogP contribution in [0.25, 0.3) is 0 Å². The van der Waals surface area contributed by atoms with E-state index < -0.39 is 5.97 Å². The van der Waals surface area contributed by atoms with Gasteiger partial charge in [0.05, 0.1) is 0 Å². The fraction of sp³-hybridized carbons (Fsp3) is 0.769. The molecule has 0 aromatic rings. The van der Waals surface area contributed by atoms with E-state index in [-0.39, 0.29) is 18.0 Å². The zero-order chi connectivity index (χ0) is 14.8. The van der Waals surface area contributed by atoms with E-state index >= 15 is 0 Å². The van der Waals surface area contributed by atoms with E-state index in [0.29, 0.717) is 38.9 Å². The number of likely N-dealkylation sites (tertiary alicyclic amines) is 1. The predicted octanol–water partition coefficient (Wildman–Crippen LogP) is -0.774. The van der Waals surface area contributed by atoms with Crippen LogP contribution in [0.5, 0.6) is 0 Å². The molecule has 0 saturated carbocycles. The van der Waals surface area contributed by atoms with E-state index in [1.54, 1.807) is 4.90 Å². The maximum atomic E-state index is 12.0. The van der Waals surface area contributed by atoms with Gasteiger partial charge in [-0.3, -0.25) is 19.3 Å². The van der Waals surface area contributed by atoms with Crippen LogP contribution in [0.2, 0.25) is 0 Å². The summed E-state index contributed by atoms with van der Waals surface area (Å²) in [6, 6.07) is 0. The first kappa shape index (κ1) is 14.8. The molecular weight excluding hydrogens is 262 g/mol. The zero-order valence-electron chi connectivity index (χ0n) is 11.7. The van der Waals surface area contributed by atoms with E-state index in [2.05, 4.69) is 4.90 Å². The summed E-state index contributed by atoms with van der Waals surface area (Å²) in [5.41, 5.74) is -0.206. The first-order valence-corrected chi connectivity index (χ1v) is 6.87. The second kappa shape index (κ2) is 5.78. The average molecular weight is 283 g/mol. The summed E-state index contributed by atoms with van der Waals surface area (Å²) in [5, 5.41) is 8.85. The van der Waals surface area contributed by atoms with Crippen LogP contribution in [0.3, 0.4) is 0 Å². The third kappa shape index (κ3) is 2.92. The van der Waals surface area contributed by atoms with Crippen molar-refractivity contribution in [1.82, 2.24) is 14.7 Å². The van der Waals surface area contributed by atoms with E-state index in [1.807, 2.05) is 7.05 Å². The lowest BCUT2D eigenvalue weighted by molar-refractivity contribution is -0.144. The van der Waals surface area contributed by atoms with E-state index in [9.17, 15) is 14.4 Å². The summed E-state index contributed by atoms with van der Waals surface area (Å²) < 4.78 is 0. The molecule has 1 unspecified atom stereocenters. The Morgan fingerprint density at radius 2 is 2.10 bits per heavy atom. The number of carboxylic acids is 1. The Kier molecular flexibility index (Phi) is 4.27. The molecule has 0 bridgehead atoms. The first-order chi connectivity index (χ1) is 9.47. The van der Waals surface area contributed by atoms with Crippen LogP contribution in [0, 0.1) is 0 Å². The third-order valence-electron chi connectivity index (χ3n) is 4.51. The van der Waals surface area contributed by atoms with Gasteiger partial charge in [-0.1, -0.05) is 0 Å². The molecule has 0 aliphatic carbocycles. The number of aliphatic carboxylic acids is 1. The predicted molar refractivity (Wildman–Crippen MR) is 71.1 cm³/mol. The molecule has 7 heteroatoms. The van der Waals surface area contributed by atoms with Gasteiger partial charge in [0.1, 0.15) is 6.54 Å². The third-order valence-corrected chi connectivity index (χ3v) is 4.51. The van der Waals surface area contributed by atoms with E-state index in [0.717, 1.165) is 13.0 Å². The fourth-order valence-corrected chi connectivity index (χ4v) is 3.14. The molecule has 112 valence electrons. The van der Waals surface area contributed by atoms with E-state index in [1.165, 1.54) is 4.90 Å². The van der Waals surface area contributed by atoms with Crippen LogP contribution in [0.15, 0.2) is 0 Å². The number of carbonyl (C=O) groups excluding carboxylic acids is 2. The second-order valence-electron chi connectivity index (χ2n) is 5.68. The quantitative estimate of drug-likeness (QED) is 0.688. The van der Waals surface area contributed by atoms with Crippen LogP contribution < -0.4 is 0 Å². The molecule has 0 aromatic carbocycles. The summed E-state index contributed by atoms with van der Waals surface area (Å²) in [7, 11) is 2.01. The maximum Gasteiger partial charge on any atom is 0.323 e. The molecule has 2 aliphatic heterocycles. The number of carboxylic acid groups (broad SMARTS) is 1. The van der Waals surface area contributed by atoms with Gasteiger partial charge in [0.2, 0.25) is 12.3 Å². The minimum atomic E-state index is -0.985. The lowest BCUT2D eigenvalue weighted by atomic mass is 9.86. The summed E-state index contributed by atoms with van der Waals surface area (Å²) in [6.07, 6.45) is 2.57. The standard InChI is InChI=1S/C13H21N3O4/c1-14-6-7-15(10-17)9-13(14)3-2-11(18)16(5-4-13)8-12(19)20/h10H,2-9H2,1H3,(H,19,20). The number of rotatable bonds is 3. The Hall–Kier alpha value is -1.63. The van der Waals surface area contributed by atoms with Gasteiger partial charge in [0, 0.05) is 38.1 Å². The van der Waals surface area contributed by atoms with Crippen molar-refractivity contribution >= 4 is 18.3 Å². The summed E-state index contributed by atoms with van der Waals surface area (Å²) in [5.74, 6) is -1.10. The van der Waals surface area contributed by atoms with Crippen LogP contribution in [0.4, 0.5) is 0 Å². The number of likely N-dealkylation sites (N-methyl/N-ethyl adjacent to an activating group) is 1. The number of piperazine rings is 1. The highest BCUT2D eigenvalue weighted by atomic mass is 16.4. The number of amides is 2. The van der Waals surface area contributed by atoms with Gasteiger partial charge >= 0.3 is 5.97 Å². The second-order valence-corrected chi connectivity index (χ2v) is 5.68. The first-order valence-electron chi connectivity index (χ1n) is 6.87. The normalized spacial score (nSPS) is 28.6. The SMILES string of the molecule is CN1CCN(C=O)CC12CCC(=O)N(CC(=O)O)CC2. The lowest BCUT2D eigenvalue weighted by Crippen LogP contribution is -2.60. The monoisotopic (exact) mass is 283 g/mol. The number of hydrogen-bond donors (Lipinski definition) is 1. The molecular formula is C13H21N3O4. The largest absolute Gasteiger partial charge is 0.480 e. The molecule has 2 saturated heterocycles. The Morgan fingerprint density at radius 1 is 1.35 bits per heavy atom. The van der Waals surface area contributed by atoms with Gasteiger partial charge in [-0.25, -0.2) is 0 Å². The highest BCUT2D eigenvalue weighted by molar-refractivity contribution is 5.81. The number of nitrogens with zero attached hydrogens (tertiary/aromatic N) is 3. The maximum absolute atomic E-state index is 12.0. The van der Waals surface area contributed by atoms with Crippen LogP contribution >= 0.6 is 0 Å². The van der Waals surface area contributed by atoms with Crippen LogP contribution in [-0.2, 0) is 14.4 Å². The summed E-state index contributed by atoms with van der Waals surface area (Å²) in [6.45, 7) is 2.29. The number of hydrogen-bond acceptors (Lipinski definition) is 4. The highest BCUT2D eigenvalue weighted by Gasteiger charge is 2.42. The van der Waals surface area contributed by atoms with Gasteiger partial charge in [-0.05, 0) is 19.9 Å². The van der Waals surface area contributed by atoms with Crippen molar-refractivity contribution in [1.29, 1.82) is 0 Å². The van der Waals surface area contributed by atoms with Gasteiger partial charge in [-0.15, -0.1) is 0 Å². The Morgan fingerprint density at radius 3 is 2.75 bits per heavy atom. The molecule has 2 rings (SSSR count). The minimum absolute atomic E-state index is 0.110. The highest BCUT2D eigenvalue weighted by Crippen LogP contribution is 2.31. The van der Waals surface area contributed by atoms with Crippen molar-refractivity contribution in [3.8, 4) is 0 Å². The van der Waals surface area contributed by atoms with Crippen molar-refractivity contribution in [2.45, 2.75) is 24.8 Å². The molecule has 1 atom stereocenters. The molecule has 1 spiro atoms.